The van der Waals surface area contributed by atoms with Gasteiger partial charge in [0, 0.05) is 11.1 Å². The van der Waals surface area contributed by atoms with Crippen LogP contribution < -0.4 is 14.2 Å². The largest absolute Gasteiger partial charge is 0.491 e. The van der Waals surface area contributed by atoms with Gasteiger partial charge in [0.2, 0.25) is 0 Å². The summed E-state index contributed by atoms with van der Waals surface area (Å²) in [6, 6.07) is 51.0. The molecule has 0 unspecified atom stereocenters. The van der Waals surface area contributed by atoms with Crippen molar-refractivity contribution in [3.63, 3.8) is 0 Å². The van der Waals surface area contributed by atoms with Crippen molar-refractivity contribution in [3.8, 4) is 39.5 Å². The Balaban J connectivity index is 1.20. The van der Waals surface area contributed by atoms with E-state index in [4.69, 9.17) is 18.9 Å². The quantitative estimate of drug-likeness (QED) is 0.107. The summed E-state index contributed by atoms with van der Waals surface area (Å²) >= 11 is 0. The summed E-state index contributed by atoms with van der Waals surface area (Å²) < 4.78 is 24.3. The maximum atomic E-state index is 9.67. The van der Waals surface area contributed by atoms with Crippen LogP contribution in [0.15, 0.2) is 164 Å². The summed E-state index contributed by atoms with van der Waals surface area (Å²) in [7, 11) is 0. The number of rotatable bonds is 15. The van der Waals surface area contributed by atoms with Gasteiger partial charge in [0.05, 0.1) is 25.2 Å². The summed E-state index contributed by atoms with van der Waals surface area (Å²) in [5.41, 5.74) is 11.0. The van der Waals surface area contributed by atoms with Gasteiger partial charge in [0.15, 0.2) is 0 Å². The van der Waals surface area contributed by atoms with Gasteiger partial charge < -0.3 is 24.1 Å². The first kappa shape index (κ1) is 35.2. The van der Waals surface area contributed by atoms with Crippen LogP contribution in [0.4, 0.5) is 0 Å². The highest BCUT2D eigenvalue weighted by Gasteiger charge is 2.46. The topological polar surface area (TPSA) is 57.2 Å². The van der Waals surface area contributed by atoms with Crippen molar-refractivity contribution in [2.45, 2.75) is 18.3 Å². The van der Waals surface area contributed by atoms with Crippen LogP contribution in [0.1, 0.15) is 40.7 Å². The van der Waals surface area contributed by atoms with E-state index >= 15 is 0 Å². The smallest absolute Gasteiger partial charge is 0.127 e. The molecule has 0 spiro atoms. The molecule has 0 bridgehead atoms. The lowest BCUT2D eigenvalue weighted by Crippen LogP contribution is -2.29. The van der Waals surface area contributed by atoms with Gasteiger partial charge in [-0.25, -0.2) is 0 Å². The standard InChI is InChI=1S/C49H44O5/c50-28-29-53-47-26-24-38(34-43(47)36-14-4-1-5-15-36)49(45-22-12-10-20-41(45)42-21-11-13-23-46(42)49)39-25-27-48(44(35-39)37-16-6-2-7-17-37)54-33-31-51-30-32-52-40-18-8-3-9-19-40/h1-6,8-16,18-27,34-35,50H,7,17,28-33H2. The number of hydrogen-bond donors (Lipinski definition) is 1. The SMILES string of the molecule is OCCOc1ccc(C2(c3ccc(OCCOCCOc4ccccc4)c(C4=CC=CCC4)c3)c3ccccc3-c3ccccc32)cc1-c1ccccc1. The Morgan fingerprint density at radius 3 is 1.74 bits per heavy atom. The highest BCUT2D eigenvalue weighted by Crippen LogP contribution is 2.57. The van der Waals surface area contributed by atoms with Gasteiger partial charge in [-0.3, -0.25) is 0 Å². The predicted octanol–water partition coefficient (Wildman–Crippen LogP) is 10.3. The van der Waals surface area contributed by atoms with Crippen molar-refractivity contribution in [1.82, 2.24) is 0 Å². The molecular weight excluding hydrogens is 669 g/mol. The third kappa shape index (κ3) is 6.96. The molecule has 8 rings (SSSR count). The minimum absolute atomic E-state index is 0.0578. The van der Waals surface area contributed by atoms with Crippen LogP contribution in [0.3, 0.4) is 0 Å². The zero-order valence-corrected chi connectivity index (χ0v) is 30.3. The van der Waals surface area contributed by atoms with Crippen molar-refractivity contribution >= 4 is 5.57 Å². The molecule has 0 atom stereocenters. The molecule has 0 radical (unpaired) electrons. The second-order valence-electron chi connectivity index (χ2n) is 13.5. The molecule has 0 aromatic heterocycles. The molecular formula is C49H44O5. The van der Waals surface area contributed by atoms with E-state index in [1.54, 1.807) is 0 Å². The van der Waals surface area contributed by atoms with Crippen LogP contribution in [0.5, 0.6) is 17.2 Å². The Hall–Kier alpha value is -5.88. The molecule has 270 valence electrons. The van der Waals surface area contributed by atoms with E-state index in [-0.39, 0.29) is 13.2 Å². The van der Waals surface area contributed by atoms with E-state index in [1.165, 1.54) is 27.8 Å². The van der Waals surface area contributed by atoms with Gasteiger partial charge in [-0.15, -0.1) is 0 Å². The summed E-state index contributed by atoms with van der Waals surface area (Å²) in [4.78, 5) is 0. The van der Waals surface area contributed by atoms with Crippen LogP contribution >= 0.6 is 0 Å². The number of para-hydroxylation sites is 1. The summed E-state index contributed by atoms with van der Waals surface area (Å²) in [5, 5.41) is 9.67. The molecule has 0 saturated heterocycles. The lowest BCUT2D eigenvalue weighted by atomic mass is 9.67. The molecule has 0 aliphatic heterocycles. The van der Waals surface area contributed by atoms with Gasteiger partial charge in [-0.05, 0) is 93.8 Å². The molecule has 2 aliphatic carbocycles. The first-order chi connectivity index (χ1) is 26.8. The summed E-state index contributed by atoms with van der Waals surface area (Å²) in [6.07, 6.45) is 8.50. The molecule has 2 aliphatic rings. The molecule has 5 heteroatoms. The van der Waals surface area contributed by atoms with Gasteiger partial charge in [0.25, 0.3) is 0 Å². The molecule has 0 amide bonds. The van der Waals surface area contributed by atoms with Gasteiger partial charge >= 0.3 is 0 Å². The molecule has 6 aromatic rings. The minimum atomic E-state index is -0.633. The Bertz CT molecular complexity index is 2210. The average molecular weight is 713 g/mol. The molecule has 54 heavy (non-hydrogen) atoms. The third-order valence-corrected chi connectivity index (χ3v) is 10.3. The van der Waals surface area contributed by atoms with Gasteiger partial charge in [-0.2, -0.15) is 0 Å². The van der Waals surface area contributed by atoms with Crippen LogP contribution in [0.2, 0.25) is 0 Å². The Morgan fingerprint density at radius 1 is 0.519 bits per heavy atom. The van der Waals surface area contributed by atoms with E-state index in [1.807, 2.05) is 36.4 Å². The molecule has 0 fully saturated rings. The highest BCUT2D eigenvalue weighted by atomic mass is 16.5. The minimum Gasteiger partial charge on any atom is -0.491 e. The van der Waals surface area contributed by atoms with Crippen LogP contribution in [-0.4, -0.2) is 44.7 Å². The Labute approximate surface area is 317 Å². The van der Waals surface area contributed by atoms with Crippen LogP contribution in [-0.2, 0) is 10.2 Å². The van der Waals surface area contributed by atoms with Gasteiger partial charge in [-0.1, -0.05) is 127 Å². The fraction of sp³-hybridized carbons (Fsp3) is 0.184. The summed E-state index contributed by atoms with van der Waals surface area (Å²) in [6.45, 7) is 2.00. The normalized spacial score (nSPS) is 13.8. The first-order valence-corrected chi connectivity index (χ1v) is 18.8. The zero-order chi connectivity index (χ0) is 36.6. The summed E-state index contributed by atoms with van der Waals surface area (Å²) in [5.74, 6) is 2.42. The van der Waals surface area contributed by atoms with E-state index in [0.29, 0.717) is 26.4 Å². The van der Waals surface area contributed by atoms with E-state index in [9.17, 15) is 5.11 Å². The number of allylic oxidation sites excluding steroid dienone is 4. The molecule has 0 heterocycles. The van der Waals surface area contributed by atoms with Crippen molar-refractivity contribution < 1.29 is 24.1 Å². The van der Waals surface area contributed by atoms with Gasteiger partial charge in [0.1, 0.15) is 37.1 Å². The molecule has 5 nitrogen and oxygen atoms in total. The molecule has 1 N–H and O–H groups in total. The maximum absolute atomic E-state index is 9.67. The molecule has 0 saturated carbocycles. The van der Waals surface area contributed by atoms with E-state index in [0.717, 1.165) is 57.9 Å². The van der Waals surface area contributed by atoms with E-state index < -0.39 is 5.41 Å². The van der Waals surface area contributed by atoms with Crippen molar-refractivity contribution in [2.24, 2.45) is 0 Å². The van der Waals surface area contributed by atoms with Crippen LogP contribution in [0.25, 0.3) is 27.8 Å². The molecule has 6 aromatic carbocycles. The second kappa shape index (κ2) is 16.4. The van der Waals surface area contributed by atoms with Crippen molar-refractivity contribution in [3.05, 3.63) is 192 Å². The second-order valence-corrected chi connectivity index (χ2v) is 13.5. The lowest BCUT2D eigenvalue weighted by molar-refractivity contribution is 0.0763. The number of aliphatic hydroxyl groups excluding tert-OH is 1. The number of hydrogen-bond acceptors (Lipinski definition) is 5. The predicted molar refractivity (Wildman–Crippen MR) is 216 cm³/mol. The number of benzene rings is 6. The fourth-order valence-electron chi connectivity index (χ4n) is 7.93. The third-order valence-electron chi connectivity index (χ3n) is 10.3. The van der Waals surface area contributed by atoms with E-state index in [2.05, 4.69) is 127 Å². The Morgan fingerprint density at radius 2 is 1.09 bits per heavy atom. The number of ether oxygens (including phenoxy) is 4. The van der Waals surface area contributed by atoms with Crippen molar-refractivity contribution in [2.75, 3.05) is 39.6 Å². The highest BCUT2D eigenvalue weighted by molar-refractivity contribution is 5.88. The monoisotopic (exact) mass is 712 g/mol. The zero-order valence-electron chi connectivity index (χ0n) is 30.3. The maximum Gasteiger partial charge on any atom is 0.127 e. The lowest BCUT2D eigenvalue weighted by Gasteiger charge is -2.35. The van der Waals surface area contributed by atoms with Crippen molar-refractivity contribution in [1.29, 1.82) is 0 Å². The number of aliphatic hydroxyl groups is 1. The first-order valence-electron chi connectivity index (χ1n) is 18.8. The Kier molecular flexibility index (Phi) is 10.7. The van der Waals surface area contributed by atoms with Crippen LogP contribution in [0, 0.1) is 0 Å². The average Bonchev–Trinajstić information content (AvgIpc) is 3.54. The number of fused-ring (bicyclic) bond motifs is 3. The fourth-order valence-corrected chi connectivity index (χ4v) is 7.93.